The molecule has 24 heavy (non-hydrogen) atoms. The number of aryl methyl sites for hydroxylation is 1. The molecule has 1 aromatic heterocycles. The summed E-state index contributed by atoms with van der Waals surface area (Å²) < 4.78 is 0. The molecule has 0 fully saturated rings. The minimum atomic E-state index is -0.368. The summed E-state index contributed by atoms with van der Waals surface area (Å²) in [5.74, 6) is 0. The maximum atomic E-state index is 11.2. The van der Waals surface area contributed by atoms with E-state index in [1.807, 2.05) is 24.3 Å². The van der Waals surface area contributed by atoms with Crippen LogP contribution in [0.25, 0.3) is 10.8 Å². The van der Waals surface area contributed by atoms with E-state index in [0.29, 0.717) is 5.39 Å². The minimum Gasteiger partial charge on any atom is -0.382 e. The van der Waals surface area contributed by atoms with E-state index >= 15 is 0 Å². The summed E-state index contributed by atoms with van der Waals surface area (Å²) in [4.78, 5) is 14.8. The van der Waals surface area contributed by atoms with Crippen molar-refractivity contribution in [3.63, 3.8) is 0 Å². The molecule has 1 N–H and O–H groups in total. The molecule has 3 rings (SSSR count). The summed E-state index contributed by atoms with van der Waals surface area (Å²) in [6.45, 7) is 2.12. The molecule has 0 aliphatic rings. The molecule has 1 atom stereocenters. The first-order valence-corrected chi connectivity index (χ1v) is 7.97. The zero-order valence-corrected chi connectivity index (χ0v) is 13.5. The number of pyridine rings is 1. The summed E-state index contributed by atoms with van der Waals surface area (Å²) in [5.41, 5.74) is 2.29. The molecule has 1 unspecified atom stereocenters. The number of fused-ring (bicyclic) bond motifs is 1. The molecule has 5 heteroatoms. The van der Waals surface area contributed by atoms with Crippen molar-refractivity contribution in [3.05, 3.63) is 76.6 Å². The Balaban J connectivity index is 1.77. The van der Waals surface area contributed by atoms with Crippen LogP contribution in [0.1, 0.15) is 18.9 Å². The van der Waals surface area contributed by atoms with Gasteiger partial charge in [-0.05, 0) is 37.5 Å². The van der Waals surface area contributed by atoms with Crippen LogP contribution in [-0.4, -0.2) is 15.9 Å². The maximum absolute atomic E-state index is 11.2. The highest BCUT2D eigenvalue weighted by Gasteiger charge is 2.15. The van der Waals surface area contributed by atoms with Gasteiger partial charge in [-0.3, -0.25) is 15.1 Å². The zero-order chi connectivity index (χ0) is 16.9. The van der Waals surface area contributed by atoms with Crippen LogP contribution in [0.5, 0.6) is 0 Å². The Morgan fingerprint density at radius 1 is 1.12 bits per heavy atom. The summed E-state index contributed by atoms with van der Waals surface area (Å²) in [6, 6.07) is 15.7. The summed E-state index contributed by atoms with van der Waals surface area (Å²) >= 11 is 0. The van der Waals surface area contributed by atoms with Crippen molar-refractivity contribution in [3.8, 4) is 0 Å². The average molecular weight is 321 g/mol. The molecule has 122 valence electrons. The van der Waals surface area contributed by atoms with Crippen molar-refractivity contribution in [1.82, 2.24) is 4.98 Å². The van der Waals surface area contributed by atoms with Crippen molar-refractivity contribution < 1.29 is 4.92 Å². The number of nitrogens with one attached hydrogen (secondary N) is 1. The van der Waals surface area contributed by atoms with Gasteiger partial charge in [-0.1, -0.05) is 30.3 Å². The topological polar surface area (TPSA) is 68.1 Å². The lowest BCUT2D eigenvalue weighted by Crippen LogP contribution is -2.16. The molecule has 0 spiro atoms. The van der Waals surface area contributed by atoms with Crippen LogP contribution < -0.4 is 5.32 Å². The molecule has 3 aromatic rings. The molecular weight excluding hydrogens is 302 g/mol. The molecule has 5 nitrogen and oxygen atoms in total. The smallest absolute Gasteiger partial charge is 0.278 e. The number of aromatic nitrogens is 1. The largest absolute Gasteiger partial charge is 0.382 e. The highest BCUT2D eigenvalue weighted by molar-refractivity contribution is 5.99. The molecule has 0 amide bonds. The van der Waals surface area contributed by atoms with E-state index in [2.05, 4.69) is 29.4 Å². The Bertz CT molecular complexity index is 850. The van der Waals surface area contributed by atoms with Crippen LogP contribution in [0.2, 0.25) is 0 Å². The third-order valence-electron chi connectivity index (χ3n) is 4.10. The normalized spacial score (nSPS) is 12.0. The monoisotopic (exact) mass is 321 g/mol. The predicted molar refractivity (Wildman–Crippen MR) is 96.2 cm³/mol. The van der Waals surface area contributed by atoms with E-state index in [9.17, 15) is 10.1 Å². The Morgan fingerprint density at radius 2 is 1.92 bits per heavy atom. The number of rotatable bonds is 6. The van der Waals surface area contributed by atoms with Crippen molar-refractivity contribution in [2.45, 2.75) is 25.8 Å². The first-order valence-electron chi connectivity index (χ1n) is 7.97. The molecule has 0 saturated carbocycles. The Morgan fingerprint density at radius 3 is 2.67 bits per heavy atom. The second kappa shape index (κ2) is 7.08. The second-order valence-electron chi connectivity index (χ2n) is 5.88. The molecule has 0 aliphatic carbocycles. The first-order chi connectivity index (χ1) is 11.6. The van der Waals surface area contributed by atoms with Crippen LogP contribution in [0.15, 0.2) is 60.9 Å². The molecule has 0 aliphatic heterocycles. The second-order valence-corrected chi connectivity index (χ2v) is 5.88. The Labute approximate surface area is 140 Å². The number of nitro benzene ring substituents is 1. The van der Waals surface area contributed by atoms with Gasteiger partial charge in [-0.2, -0.15) is 0 Å². The van der Waals surface area contributed by atoms with Crippen molar-refractivity contribution in [2.75, 3.05) is 5.32 Å². The van der Waals surface area contributed by atoms with Gasteiger partial charge >= 0.3 is 0 Å². The highest BCUT2D eigenvalue weighted by atomic mass is 16.6. The van der Waals surface area contributed by atoms with Crippen LogP contribution >= 0.6 is 0 Å². The molecule has 1 heterocycles. The van der Waals surface area contributed by atoms with E-state index in [1.54, 1.807) is 18.5 Å². The van der Waals surface area contributed by atoms with Gasteiger partial charge in [0.2, 0.25) is 0 Å². The Kier molecular flexibility index (Phi) is 4.70. The number of hydrogen-bond acceptors (Lipinski definition) is 4. The first kappa shape index (κ1) is 15.9. The van der Waals surface area contributed by atoms with E-state index in [4.69, 9.17) is 0 Å². The van der Waals surface area contributed by atoms with Gasteiger partial charge in [0, 0.05) is 35.6 Å². The van der Waals surface area contributed by atoms with Gasteiger partial charge in [-0.25, -0.2) is 0 Å². The van der Waals surface area contributed by atoms with Gasteiger partial charge in [0.25, 0.3) is 5.69 Å². The standard InChI is InChI=1S/C19H19N3O2/c1-14(7-8-15-5-3-2-4-6-15)21-18-9-10-19(22(23)24)17-13-20-12-11-16(17)18/h2-6,9-14,21H,7-8H2,1H3. The molecule has 2 aromatic carbocycles. The molecule has 0 saturated heterocycles. The SMILES string of the molecule is CC(CCc1ccccc1)Nc1ccc([N+](=O)[O-])c2cnccc12. The molecule has 0 bridgehead atoms. The average Bonchev–Trinajstić information content (AvgIpc) is 2.61. The quantitative estimate of drug-likeness (QED) is 0.533. The van der Waals surface area contributed by atoms with Gasteiger partial charge in [-0.15, -0.1) is 0 Å². The number of anilines is 1. The van der Waals surface area contributed by atoms with E-state index < -0.39 is 0 Å². The van der Waals surface area contributed by atoms with E-state index in [-0.39, 0.29) is 16.7 Å². The van der Waals surface area contributed by atoms with Gasteiger partial charge < -0.3 is 5.32 Å². The molecular formula is C19H19N3O2. The number of hydrogen-bond donors (Lipinski definition) is 1. The van der Waals surface area contributed by atoms with Gasteiger partial charge in [0.15, 0.2) is 0 Å². The van der Waals surface area contributed by atoms with Crippen molar-refractivity contribution in [1.29, 1.82) is 0 Å². The number of nitrogens with zero attached hydrogens (tertiary/aromatic N) is 2. The number of benzene rings is 2. The highest BCUT2D eigenvalue weighted by Crippen LogP contribution is 2.31. The third-order valence-corrected chi connectivity index (χ3v) is 4.10. The van der Waals surface area contributed by atoms with Crippen LogP contribution in [-0.2, 0) is 6.42 Å². The predicted octanol–water partition coefficient (Wildman–Crippen LogP) is 4.58. The van der Waals surface area contributed by atoms with Gasteiger partial charge in [0.05, 0.1) is 10.3 Å². The fourth-order valence-corrected chi connectivity index (χ4v) is 2.83. The zero-order valence-electron chi connectivity index (χ0n) is 13.5. The van der Waals surface area contributed by atoms with Crippen molar-refractivity contribution >= 4 is 22.1 Å². The minimum absolute atomic E-state index is 0.0839. The lowest BCUT2D eigenvalue weighted by Gasteiger charge is -2.17. The van der Waals surface area contributed by atoms with E-state index in [0.717, 1.165) is 23.9 Å². The number of nitro groups is 1. The van der Waals surface area contributed by atoms with E-state index in [1.165, 1.54) is 11.6 Å². The maximum Gasteiger partial charge on any atom is 0.278 e. The summed E-state index contributed by atoms with van der Waals surface area (Å²) in [6.07, 6.45) is 5.17. The summed E-state index contributed by atoms with van der Waals surface area (Å²) in [5, 5.41) is 16.0. The van der Waals surface area contributed by atoms with Crippen LogP contribution in [0, 0.1) is 10.1 Å². The fourth-order valence-electron chi connectivity index (χ4n) is 2.83. The lowest BCUT2D eigenvalue weighted by atomic mass is 10.0. The van der Waals surface area contributed by atoms with Crippen LogP contribution in [0.3, 0.4) is 0 Å². The third kappa shape index (κ3) is 3.51. The lowest BCUT2D eigenvalue weighted by molar-refractivity contribution is -0.383. The molecule has 0 radical (unpaired) electrons. The summed E-state index contributed by atoms with van der Waals surface area (Å²) in [7, 11) is 0. The van der Waals surface area contributed by atoms with Crippen LogP contribution in [0.4, 0.5) is 11.4 Å². The van der Waals surface area contributed by atoms with Gasteiger partial charge in [0.1, 0.15) is 0 Å². The fraction of sp³-hybridized carbons (Fsp3) is 0.211. The van der Waals surface area contributed by atoms with Crippen molar-refractivity contribution in [2.24, 2.45) is 0 Å². The Hall–Kier alpha value is -2.95. The number of non-ortho nitro benzene ring substituents is 1.